The molecule has 0 aromatic carbocycles. The number of carboxylic acids is 1. The molecule has 0 aromatic rings. The van der Waals surface area contributed by atoms with Crippen molar-refractivity contribution in [2.24, 2.45) is 0 Å². The third-order valence-electron chi connectivity index (χ3n) is 0.365. The molecule has 0 bridgehead atoms. The summed E-state index contributed by atoms with van der Waals surface area (Å²) in [6, 6.07) is 0. The Morgan fingerprint density at radius 1 is 1.78 bits per heavy atom. The summed E-state index contributed by atoms with van der Waals surface area (Å²) >= 11 is 1.64. The molecule has 0 amide bonds. The van der Waals surface area contributed by atoms with Gasteiger partial charge < -0.3 is 5.11 Å². The minimum atomic E-state index is -0.935. The zero-order chi connectivity index (χ0) is 7.86. The molecule has 0 unspecified atom stereocenters. The van der Waals surface area contributed by atoms with E-state index < -0.39 is 5.97 Å². The summed E-state index contributed by atoms with van der Waals surface area (Å²) < 4.78 is 1.34. The first-order chi connectivity index (χ1) is 4.06. The molecule has 0 aliphatic heterocycles. The van der Waals surface area contributed by atoms with Gasteiger partial charge in [0.05, 0.1) is 0 Å². The van der Waals surface area contributed by atoms with E-state index in [-0.39, 0.29) is 5.57 Å². The number of carboxylic acid groups (broad SMARTS) is 1. The molecule has 0 saturated carbocycles. The Morgan fingerprint density at radius 3 is 1.89 bits per heavy atom. The van der Waals surface area contributed by atoms with Crippen molar-refractivity contribution in [3.8, 4) is 0 Å². The Kier molecular flexibility index (Phi) is 10.5. The van der Waals surface area contributed by atoms with E-state index in [0.717, 1.165) is 0 Å². The molecule has 3 radical (unpaired) electrons. The van der Waals surface area contributed by atoms with Crippen LogP contribution >= 0.6 is 0 Å². The normalized spacial score (nSPS) is 7.00. The van der Waals surface area contributed by atoms with E-state index >= 15 is 0 Å². The van der Waals surface area contributed by atoms with Gasteiger partial charge in [0.1, 0.15) is 0 Å². The number of hydrogen-bond acceptors (Lipinski definition) is 1. The van der Waals surface area contributed by atoms with E-state index in [9.17, 15) is 4.79 Å². The van der Waals surface area contributed by atoms with Crippen molar-refractivity contribution >= 4 is 28.5 Å². The Balaban J connectivity index is 0. The van der Waals surface area contributed by atoms with Crippen molar-refractivity contribution in [1.82, 2.24) is 0 Å². The van der Waals surface area contributed by atoms with Crippen molar-refractivity contribution in [2.45, 2.75) is 18.3 Å². The molecule has 3 heteroatoms. The topological polar surface area (TPSA) is 37.3 Å². The Morgan fingerprint density at radius 2 is 1.89 bits per heavy atom. The van der Waals surface area contributed by atoms with Crippen molar-refractivity contribution in [1.29, 1.82) is 0 Å². The van der Waals surface area contributed by atoms with Crippen LogP contribution in [0.5, 0.6) is 0 Å². The first-order valence-electron chi connectivity index (χ1n) is 2.59. The summed E-state index contributed by atoms with van der Waals surface area (Å²) in [5.74, 6) is -0.935. The number of hydrogen-bond donors (Lipinski definition) is 1. The van der Waals surface area contributed by atoms with Gasteiger partial charge in [0.2, 0.25) is 0 Å². The number of aliphatic carboxylic acids is 1. The molecule has 0 aliphatic rings. The monoisotopic (exact) mass is 235 g/mol. The quantitative estimate of drug-likeness (QED) is 0.547. The number of carbonyl (C=O) groups is 1. The van der Waals surface area contributed by atoms with Crippen molar-refractivity contribution in [3.63, 3.8) is 0 Å². The molecular weight excluding hydrogens is 223 g/mol. The van der Waals surface area contributed by atoms with Gasteiger partial charge in [-0.25, -0.2) is 4.79 Å². The first kappa shape index (κ1) is 11.8. The summed E-state index contributed by atoms with van der Waals surface area (Å²) in [4.78, 5) is 9.60. The predicted molar refractivity (Wildman–Crippen MR) is 38.7 cm³/mol. The van der Waals surface area contributed by atoms with Crippen molar-refractivity contribution in [2.75, 3.05) is 0 Å². The van der Waals surface area contributed by atoms with Crippen LogP contribution in [0.3, 0.4) is 0 Å². The predicted octanol–water partition coefficient (Wildman–Crippen LogP) is 1.24. The molecule has 1 N–H and O–H groups in total. The Bertz CT molecular complexity index is 87.2. The molecule has 0 aliphatic carbocycles. The average Bonchev–Trinajstić information content (AvgIpc) is 1.68. The fraction of sp³-hybridized carbons (Fsp3) is 0.500. The summed E-state index contributed by atoms with van der Waals surface area (Å²) in [7, 11) is 0. The van der Waals surface area contributed by atoms with Gasteiger partial charge in [-0.15, -0.1) is 0 Å². The third-order valence-corrected chi connectivity index (χ3v) is 0.365. The van der Waals surface area contributed by atoms with Crippen LogP contribution < -0.4 is 0 Å². The van der Waals surface area contributed by atoms with Crippen LogP contribution in [0, 0.1) is 0 Å². The van der Waals surface area contributed by atoms with Crippen LogP contribution in [0.2, 0.25) is 4.44 Å². The molecule has 0 fully saturated rings. The van der Waals surface area contributed by atoms with E-state index in [1.54, 1.807) is 22.5 Å². The zero-order valence-corrected chi connectivity index (χ0v) is 8.62. The summed E-state index contributed by atoms with van der Waals surface area (Å²) in [5.41, 5.74) is 0.176. The third kappa shape index (κ3) is 18.0. The number of rotatable bonds is 1. The van der Waals surface area contributed by atoms with E-state index in [2.05, 4.69) is 13.5 Å². The van der Waals surface area contributed by atoms with E-state index in [0.29, 0.717) is 0 Å². The second kappa shape index (κ2) is 8.01. The average molecular weight is 234 g/mol. The minimum absolute atomic E-state index is 0.176. The molecule has 9 heavy (non-hydrogen) atoms. The Hall–Kier alpha value is 0.00870. The van der Waals surface area contributed by atoms with Gasteiger partial charge in [-0.1, -0.05) is 6.58 Å². The standard InChI is InChI=1S/C4H6O2.C2H5.Sn/c1-3(2)4(5)6;1-2;/h1H2,2H3,(H,5,6);1H2,2H3;. The second-order valence-electron chi connectivity index (χ2n) is 1.44. The molecule has 0 atom stereocenters. The van der Waals surface area contributed by atoms with Gasteiger partial charge in [0.15, 0.2) is 0 Å². The van der Waals surface area contributed by atoms with Crippen LogP contribution in [-0.4, -0.2) is 33.6 Å². The van der Waals surface area contributed by atoms with Crippen LogP contribution in [0.15, 0.2) is 12.2 Å². The van der Waals surface area contributed by atoms with Crippen molar-refractivity contribution < 1.29 is 9.90 Å². The maximum absolute atomic E-state index is 9.60. The van der Waals surface area contributed by atoms with Crippen LogP contribution in [0.4, 0.5) is 0 Å². The van der Waals surface area contributed by atoms with E-state index in [4.69, 9.17) is 5.11 Å². The molecule has 0 heterocycles. The molecule has 0 spiro atoms. The van der Waals surface area contributed by atoms with Gasteiger partial charge >= 0.3 is 39.9 Å². The van der Waals surface area contributed by atoms with Gasteiger partial charge in [-0.05, 0) is 6.92 Å². The van der Waals surface area contributed by atoms with Gasteiger partial charge in [-0.3, -0.25) is 0 Å². The zero-order valence-electron chi connectivity index (χ0n) is 5.77. The van der Waals surface area contributed by atoms with Crippen molar-refractivity contribution in [3.05, 3.63) is 12.2 Å². The fourth-order valence-corrected chi connectivity index (χ4v) is 0. The molecule has 0 rings (SSSR count). The molecule has 51 valence electrons. The Labute approximate surface area is 69.0 Å². The summed E-state index contributed by atoms with van der Waals surface area (Å²) in [6.45, 7) is 6.77. The summed E-state index contributed by atoms with van der Waals surface area (Å²) in [6.07, 6.45) is 0. The van der Waals surface area contributed by atoms with Crippen LogP contribution in [0.25, 0.3) is 0 Å². The van der Waals surface area contributed by atoms with Crippen LogP contribution in [0.1, 0.15) is 13.8 Å². The van der Waals surface area contributed by atoms with E-state index in [1.165, 1.54) is 11.4 Å². The van der Waals surface area contributed by atoms with Crippen LogP contribution in [-0.2, 0) is 4.79 Å². The first-order valence-corrected chi connectivity index (χ1v) is 4.61. The van der Waals surface area contributed by atoms with Gasteiger partial charge in [0, 0.05) is 5.57 Å². The second-order valence-corrected chi connectivity index (χ2v) is 3.46. The molecule has 2 nitrogen and oxygen atoms in total. The molecular formula is C6H11O2Sn. The van der Waals surface area contributed by atoms with Gasteiger partial charge in [0.25, 0.3) is 0 Å². The maximum atomic E-state index is 9.60. The molecule has 0 aromatic heterocycles. The van der Waals surface area contributed by atoms with E-state index in [1.807, 2.05) is 0 Å². The summed E-state index contributed by atoms with van der Waals surface area (Å²) in [5, 5.41) is 7.89. The van der Waals surface area contributed by atoms with Gasteiger partial charge in [-0.2, -0.15) is 0 Å². The fourth-order valence-electron chi connectivity index (χ4n) is 0. The molecule has 0 saturated heterocycles. The SMILES string of the molecule is C=C(C)C(=O)O.C[CH2][Sn].